The van der Waals surface area contributed by atoms with E-state index in [1.54, 1.807) is 17.2 Å². The quantitative estimate of drug-likeness (QED) is 0.895. The van der Waals surface area contributed by atoms with Crippen LogP contribution >= 0.6 is 0 Å². The third kappa shape index (κ3) is 2.51. The van der Waals surface area contributed by atoms with Crippen LogP contribution in [0.3, 0.4) is 0 Å². The van der Waals surface area contributed by atoms with Crippen LogP contribution in [0.4, 0.5) is 5.69 Å². The number of rotatable bonds is 3. The van der Waals surface area contributed by atoms with Gasteiger partial charge in [0.15, 0.2) is 0 Å². The molecule has 1 aliphatic rings. The SMILES string of the molecule is c1cnn(-c2ccc(NC3CCCOC3)cc2)n1. The Morgan fingerprint density at radius 1 is 1.17 bits per heavy atom. The standard InChI is InChI=1S/C13H16N4O/c1-2-12(10-18-9-1)16-11-3-5-13(6-4-11)17-14-7-8-15-17/h3-8,12,16H,1-2,9-10H2. The van der Waals surface area contributed by atoms with Crippen LogP contribution in [-0.2, 0) is 4.74 Å². The second-order valence-corrected chi connectivity index (χ2v) is 4.42. The maximum absolute atomic E-state index is 5.45. The summed E-state index contributed by atoms with van der Waals surface area (Å²) in [6, 6.07) is 8.53. The third-order valence-electron chi connectivity index (χ3n) is 3.05. The number of anilines is 1. The van der Waals surface area contributed by atoms with Crippen LogP contribution in [0.15, 0.2) is 36.7 Å². The predicted molar refractivity (Wildman–Crippen MR) is 68.8 cm³/mol. The Kier molecular flexibility index (Phi) is 3.23. The van der Waals surface area contributed by atoms with E-state index < -0.39 is 0 Å². The average molecular weight is 244 g/mol. The first kappa shape index (κ1) is 11.2. The van der Waals surface area contributed by atoms with Crippen molar-refractivity contribution < 1.29 is 4.74 Å². The van der Waals surface area contributed by atoms with Crippen molar-refractivity contribution in [3.63, 3.8) is 0 Å². The Labute approximate surface area is 106 Å². The summed E-state index contributed by atoms with van der Waals surface area (Å²) in [5.74, 6) is 0. The molecule has 2 aromatic rings. The molecule has 1 N–H and O–H groups in total. The van der Waals surface area contributed by atoms with E-state index in [2.05, 4.69) is 15.5 Å². The lowest BCUT2D eigenvalue weighted by atomic mass is 10.1. The van der Waals surface area contributed by atoms with E-state index in [-0.39, 0.29) is 0 Å². The van der Waals surface area contributed by atoms with Crippen LogP contribution in [0, 0.1) is 0 Å². The Balaban J connectivity index is 1.67. The molecule has 0 amide bonds. The normalized spacial score (nSPS) is 19.7. The number of ether oxygens (including phenoxy) is 1. The number of hydrogen-bond acceptors (Lipinski definition) is 4. The molecule has 94 valence electrons. The monoisotopic (exact) mass is 244 g/mol. The topological polar surface area (TPSA) is 52.0 Å². The van der Waals surface area contributed by atoms with E-state index in [0.717, 1.165) is 31.0 Å². The molecule has 5 heteroatoms. The summed E-state index contributed by atoms with van der Waals surface area (Å²) in [5.41, 5.74) is 2.08. The van der Waals surface area contributed by atoms with Gasteiger partial charge in [-0.25, -0.2) is 0 Å². The number of hydrogen-bond donors (Lipinski definition) is 1. The molecule has 1 fully saturated rings. The van der Waals surface area contributed by atoms with Gasteiger partial charge in [-0.3, -0.25) is 0 Å². The molecule has 0 spiro atoms. The highest BCUT2D eigenvalue weighted by Crippen LogP contribution is 2.16. The molecule has 1 unspecified atom stereocenters. The van der Waals surface area contributed by atoms with Crippen molar-refractivity contribution in [2.75, 3.05) is 18.5 Å². The first-order valence-corrected chi connectivity index (χ1v) is 6.23. The minimum atomic E-state index is 0.424. The van der Waals surface area contributed by atoms with Gasteiger partial charge in [-0.2, -0.15) is 15.0 Å². The van der Waals surface area contributed by atoms with E-state index in [9.17, 15) is 0 Å². The highest BCUT2D eigenvalue weighted by Gasteiger charge is 2.13. The van der Waals surface area contributed by atoms with Gasteiger partial charge in [-0.05, 0) is 37.1 Å². The average Bonchev–Trinajstić information content (AvgIpc) is 2.95. The van der Waals surface area contributed by atoms with Crippen LogP contribution in [0.5, 0.6) is 0 Å². The zero-order chi connectivity index (χ0) is 12.2. The lowest BCUT2D eigenvalue weighted by Crippen LogP contribution is -2.29. The van der Waals surface area contributed by atoms with Gasteiger partial charge in [-0.1, -0.05) is 0 Å². The second kappa shape index (κ2) is 5.18. The van der Waals surface area contributed by atoms with Gasteiger partial charge in [0.1, 0.15) is 0 Å². The maximum atomic E-state index is 5.45. The van der Waals surface area contributed by atoms with E-state index in [1.165, 1.54) is 6.42 Å². The fraction of sp³-hybridized carbons (Fsp3) is 0.385. The van der Waals surface area contributed by atoms with Crippen LogP contribution in [-0.4, -0.2) is 34.2 Å². The summed E-state index contributed by atoms with van der Waals surface area (Å²) in [5, 5.41) is 11.7. The largest absolute Gasteiger partial charge is 0.380 e. The van der Waals surface area contributed by atoms with Gasteiger partial charge in [0.25, 0.3) is 0 Å². The molecule has 18 heavy (non-hydrogen) atoms. The van der Waals surface area contributed by atoms with Crippen LogP contribution < -0.4 is 5.32 Å². The number of nitrogens with zero attached hydrogens (tertiary/aromatic N) is 3. The summed E-state index contributed by atoms with van der Waals surface area (Å²) in [7, 11) is 0. The summed E-state index contributed by atoms with van der Waals surface area (Å²) < 4.78 is 5.45. The van der Waals surface area contributed by atoms with Gasteiger partial charge >= 0.3 is 0 Å². The van der Waals surface area contributed by atoms with Gasteiger partial charge in [0, 0.05) is 18.3 Å². The van der Waals surface area contributed by atoms with Crippen LogP contribution in [0.1, 0.15) is 12.8 Å². The minimum absolute atomic E-state index is 0.424. The maximum Gasteiger partial charge on any atom is 0.0858 e. The summed E-state index contributed by atoms with van der Waals surface area (Å²) >= 11 is 0. The Morgan fingerprint density at radius 3 is 2.61 bits per heavy atom. The number of nitrogens with one attached hydrogen (secondary N) is 1. The van der Waals surface area contributed by atoms with Crippen molar-refractivity contribution in [2.45, 2.75) is 18.9 Å². The molecule has 0 saturated carbocycles. The molecule has 5 nitrogen and oxygen atoms in total. The van der Waals surface area contributed by atoms with Gasteiger partial charge < -0.3 is 10.1 Å². The van der Waals surface area contributed by atoms with Crippen molar-refractivity contribution >= 4 is 5.69 Å². The third-order valence-corrected chi connectivity index (χ3v) is 3.05. The van der Waals surface area contributed by atoms with Crippen molar-refractivity contribution in [3.8, 4) is 5.69 Å². The molecule has 3 rings (SSSR count). The van der Waals surface area contributed by atoms with E-state index in [1.807, 2.05) is 24.3 Å². The van der Waals surface area contributed by atoms with Crippen molar-refractivity contribution in [3.05, 3.63) is 36.7 Å². The van der Waals surface area contributed by atoms with Gasteiger partial charge in [0.2, 0.25) is 0 Å². The number of aromatic nitrogens is 3. The summed E-state index contributed by atoms with van der Waals surface area (Å²) in [4.78, 5) is 1.60. The lowest BCUT2D eigenvalue weighted by Gasteiger charge is -2.24. The van der Waals surface area contributed by atoms with Crippen LogP contribution in [0.2, 0.25) is 0 Å². The Hall–Kier alpha value is -1.88. The molecule has 0 aliphatic carbocycles. The molecule has 2 heterocycles. The van der Waals surface area contributed by atoms with Crippen molar-refractivity contribution in [1.29, 1.82) is 0 Å². The second-order valence-electron chi connectivity index (χ2n) is 4.42. The molecule has 1 aliphatic heterocycles. The highest BCUT2D eigenvalue weighted by molar-refractivity contribution is 5.48. The summed E-state index contributed by atoms with van der Waals surface area (Å²) in [6.45, 7) is 1.69. The first-order valence-electron chi connectivity index (χ1n) is 6.23. The van der Waals surface area contributed by atoms with Crippen molar-refractivity contribution in [1.82, 2.24) is 15.0 Å². The zero-order valence-corrected chi connectivity index (χ0v) is 10.1. The minimum Gasteiger partial charge on any atom is -0.380 e. The molecule has 1 saturated heterocycles. The number of benzene rings is 1. The molecular formula is C13H16N4O. The molecule has 1 aromatic heterocycles. The highest BCUT2D eigenvalue weighted by atomic mass is 16.5. The molecule has 1 aromatic carbocycles. The van der Waals surface area contributed by atoms with E-state index in [0.29, 0.717) is 6.04 Å². The van der Waals surface area contributed by atoms with Crippen LogP contribution in [0.25, 0.3) is 5.69 Å². The Morgan fingerprint density at radius 2 is 1.94 bits per heavy atom. The fourth-order valence-electron chi connectivity index (χ4n) is 2.13. The molecule has 0 radical (unpaired) electrons. The van der Waals surface area contributed by atoms with Gasteiger partial charge in [0.05, 0.1) is 24.7 Å². The van der Waals surface area contributed by atoms with Gasteiger partial charge in [-0.15, -0.1) is 0 Å². The lowest BCUT2D eigenvalue weighted by molar-refractivity contribution is 0.0876. The fourth-order valence-corrected chi connectivity index (χ4v) is 2.13. The summed E-state index contributed by atoms with van der Waals surface area (Å²) in [6.07, 6.45) is 5.65. The molecule has 0 bridgehead atoms. The predicted octanol–water partition coefficient (Wildman–Crippen LogP) is 1.86. The zero-order valence-electron chi connectivity index (χ0n) is 10.1. The van der Waals surface area contributed by atoms with E-state index in [4.69, 9.17) is 4.74 Å². The van der Waals surface area contributed by atoms with Crippen molar-refractivity contribution in [2.24, 2.45) is 0 Å². The first-order chi connectivity index (χ1) is 8.92. The Bertz CT molecular complexity index is 474. The van der Waals surface area contributed by atoms with E-state index >= 15 is 0 Å². The molecule has 1 atom stereocenters. The molecular weight excluding hydrogens is 228 g/mol. The smallest absolute Gasteiger partial charge is 0.0858 e.